The molecular weight excluding hydrogens is 222 g/mol. The summed E-state index contributed by atoms with van der Waals surface area (Å²) in [6.45, 7) is 7.85. The van der Waals surface area contributed by atoms with Gasteiger partial charge in [-0.1, -0.05) is 19.4 Å². The average Bonchev–Trinajstić information content (AvgIpc) is 2.38. The maximum Gasteiger partial charge on any atom is 0.0313 e. The van der Waals surface area contributed by atoms with Gasteiger partial charge in [0.15, 0.2) is 0 Å². The van der Waals surface area contributed by atoms with E-state index in [1.807, 2.05) is 12.4 Å². The Morgan fingerprint density at radius 3 is 2.94 bits per heavy atom. The van der Waals surface area contributed by atoms with Crippen LogP contribution in [-0.4, -0.2) is 36.1 Å². The highest BCUT2D eigenvalue weighted by atomic mass is 15.1. The Morgan fingerprint density at radius 2 is 2.28 bits per heavy atom. The van der Waals surface area contributed by atoms with Gasteiger partial charge in [-0.2, -0.15) is 0 Å². The molecule has 1 N–H and O–H groups in total. The van der Waals surface area contributed by atoms with E-state index in [1.54, 1.807) is 0 Å². The van der Waals surface area contributed by atoms with Crippen LogP contribution in [0.25, 0.3) is 0 Å². The first-order valence-corrected chi connectivity index (χ1v) is 7.03. The summed E-state index contributed by atoms with van der Waals surface area (Å²) in [5.74, 6) is 0.779. The van der Waals surface area contributed by atoms with E-state index in [0.29, 0.717) is 6.04 Å². The van der Waals surface area contributed by atoms with E-state index >= 15 is 0 Å². The molecule has 3 heteroatoms. The van der Waals surface area contributed by atoms with Crippen molar-refractivity contribution < 1.29 is 0 Å². The number of likely N-dealkylation sites (tertiary alicyclic amines) is 1. The highest BCUT2D eigenvalue weighted by molar-refractivity contribution is 5.16. The van der Waals surface area contributed by atoms with E-state index in [9.17, 15) is 0 Å². The molecule has 1 fully saturated rings. The topological polar surface area (TPSA) is 28.2 Å². The summed E-state index contributed by atoms with van der Waals surface area (Å²) in [5, 5.41) is 3.46. The molecule has 0 amide bonds. The van der Waals surface area contributed by atoms with Crippen molar-refractivity contribution in [3.63, 3.8) is 0 Å². The second kappa shape index (κ2) is 6.30. The molecule has 2 atom stereocenters. The van der Waals surface area contributed by atoms with Gasteiger partial charge in [0.2, 0.25) is 0 Å². The second-order valence-corrected chi connectivity index (χ2v) is 5.46. The molecule has 100 valence electrons. The second-order valence-electron chi connectivity index (χ2n) is 5.46. The first kappa shape index (κ1) is 13.5. The third kappa shape index (κ3) is 3.30. The summed E-state index contributed by atoms with van der Waals surface area (Å²) in [6, 6.07) is 2.94. The molecule has 1 aromatic heterocycles. The minimum atomic E-state index is 0.696. The number of nitrogens with one attached hydrogen (secondary N) is 1. The van der Waals surface area contributed by atoms with Crippen molar-refractivity contribution >= 4 is 0 Å². The molecule has 0 bridgehead atoms. The average molecular weight is 247 g/mol. The number of nitrogens with zero attached hydrogens (tertiary/aromatic N) is 2. The van der Waals surface area contributed by atoms with Crippen LogP contribution >= 0.6 is 0 Å². The quantitative estimate of drug-likeness (QED) is 0.884. The SMILES string of the molecule is CCC1CN(Cc2cncc(C)c2)CCC1NC. The zero-order valence-corrected chi connectivity index (χ0v) is 11.8. The van der Waals surface area contributed by atoms with Crippen molar-refractivity contribution in [2.24, 2.45) is 5.92 Å². The molecule has 0 spiro atoms. The predicted octanol–water partition coefficient (Wildman–Crippen LogP) is 2.21. The number of hydrogen-bond acceptors (Lipinski definition) is 3. The Hall–Kier alpha value is -0.930. The fraction of sp³-hybridized carbons (Fsp3) is 0.667. The third-order valence-electron chi connectivity index (χ3n) is 4.05. The minimum Gasteiger partial charge on any atom is -0.317 e. The van der Waals surface area contributed by atoms with Crippen LogP contribution in [0, 0.1) is 12.8 Å². The lowest BCUT2D eigenvalue weighted by atomic mass is 9.90. The number of rotatable bonds is 4. The molecule has 0 saturated carbocycles. The molecule has 1 aromatic rings. The third-order valence-corrected chi connectivity index (χ3v) is 4.05. The number of aromatic nitrogens is 1. The van der Waals surface area contributed by atoms with Gasteiger partial charge in [-0.05, 0) is 44.0 Å². The molecular formula is C15H25N3. The van der Waals surface area contributed by atoms with Gasteiger partial charge in [0.05, 0.1) is 0 Å². The van der Waals surface area contributed by atoms with E-state index in [1.165, 1.54) is 37.1 Å². The van der Waals surface area contributed by atoms with E-state index in [0.717, 1.165) is 12.5 Å². The summed E-state index contributed by atoms with van der Waals surface area (Å²) >= 11 is 0. The van der Waals surface area contributed by atoms with E-state index in [4.69, 9.17) is 0 Å². The zero-order chi connectivity index (χ0) is 13.0. The maximum atomic E-state index is 4.28. The van der Waals surface area contributed by atoms with Crippen molar-refractivity contribution in [1.29, 1.82) is 0 Å². The highest BCUT2D eigenvalue weighted by Crippen LogP contribution is 2.21. The molecule has 0 radical (unpaired) electrons. The van der Waals surface area contributed by atoms with Crippen LogP contribution in [0.5, 0.6) is 0 Å². The number of pyridine rings is 1. The summed E-state index contributed by atoms with van der Waals surface area (Å²) in [5.41, 5.74) is 2.59. The molecule has 1 aliphatic rings. The Morgan fingerprint density at radius 1 is 1.44 bits per heavy atom. The van der Waals surface area contributed by atoms with Gasteiger partial charge in [-0.15, -0.1) is 0 Å². The van der Waals surface area contributed by atoms with Gasteiger partial charge in [0, 0.05) is 31.5 Å². The van der Waals surface area contributed by atoms with Crippen molar-refractivity contribution in [3.8, 4) is 0 Å². The summed E-state index contributed by atoms with van der Waals surface area (Å²) in [4.78, 5) is 6.85. The zero-order valence-electron chi connectivity index (χ0n) is 11.8. The lowest BCUT2D eigenvalue weighted by Gasteiger charge is -2.38. The standard InChI is InChI=1S/C15H25N3/c1-4-14-11-18(6-5-15(14)16-3)10-13-7-12(2)8-17-9-13/h7-9,14-16H,4-6,10-11H2,1-3H3. The van der Waals surface area contributed by atoms with Gasteiger partial charge in [0.25, 0.3) is 0 Å². The lowest BCUT2D eigenvalue weighted by Crippen LogP contribution is -2.47. The number of hydrogen-bond donors (Lipinski definition) is 1. The number of piperidine rings is 1. The van der Waals surface area contributed by atoms with Crippen LogP contribution in [0.4, 0.5) is 0 Å². The van der Waals surface area contributed by atoms with Gasteiger partial charge >= 0.3 is 0 Å². The summed E-state index contributed by atoms with van der Waals surface area (Å²) < 4.78 is 0. The Bertz CT molecular complexity index is 378. The first-order chi connectivity index (χ1) is 8.72. The molecule has 0 aromatic carbocycles. The van der Waals surface area contributed by atoms with E-state index in [-0.39, 0.29) is 0 Å². The fourth-order valence-corrected chi connectivity index (χ4v) is 3.01. The van der Waals surface area contributed by atoms with Crippen LogP contribution in [0.2, 0.25) is 0 Å². The molecule has 0 aliphatic carbocycles. The van der Waals surface area contributed by atoms with Crippen LogP contribution in [0.15, 0.2) is 18.5 Å². The van der Waals surface area contributed by atoms with Crippen LogP contribution in [0.1, 0.15) is 30.9 Å². The molecule has 1 saturated heterocycles. The monoisotopic (exact) mass is 247 g/mol. The van der Waals surface area contributed by atoms with Gasteiger partial charge in [-0.3, -0.25) is 9.88 Å². The van der Waals surface area contributed by atoms with Gasteiger partial charge < -0.3 is 5.32 Å². The fourth-order valence-electron chi connectivity index (χ4n) is 3.01. The number of aryl methyl sites for hydroxylation is 1. The maximum absolute atomic E-state index is 4.28. The predicted molar refractivity (Wildman–Crippen MR) is 75.5 cm³/mol. The van der Waals surface area contributed by atoms with E-state index in [2.05, 4.69) is 42.2 Å². The summed E-state index contributed by atoms with van der Waals surface area (Å²) in [6.07, 6.45) is 6.44. The smallest absolute Gasteiger partial charge is 0.0313 e. The summed E-state index contributed by atoms with van der Waals surface area (Å²) in [7, 11) is 2.09. The van der Waals surface area contributed by atoms with Crippen LogP contribution in [-0.2, 0) is 6.54 Å². The molecule has 1 aliphatic heterocycles. The largest absolute Gasteiger partial charge is 0.317 e. The van der Waals surface area contributed by atoms with Crippen molar-refractivity contribution in [3.05, 3.63) is 29.6 Å². The Labute approximate surface area is 111 Å². The van der Waals surface area contributed by atoms with Crippen molar-refractivity contribution in [2.45, 2.75) is 39.3 Å². The van der Waals surface area contributed by atoms with Gasteiger partial charge in [0.1, 0.15) is 0 Å². The minimum absolute atomic E-state index is 0.696. The normalized spacial score (nSPS) is 25.3. The lowest BCUT2D eigenvalue weighted by molar-refractivity contribution is 0.132. The first-order valence-electron chi connectivity index (χ1n) is 7.03. The molecule has 2 rings (SSSR count). The Balaban J connectivity index is 1.95. The van der Waals surface area contributed by atoms with E-state index < -0.39 is 0 Å². The molecule has 18 heavy (non-hydrogen) atoms. The molecule has 2 heterocycles. The van der Waals surface area contributed by atoms with Crippen LogP contribution in [0.3, 0.4) is 0 Å². The van der Waals surface area contributed by atoms with Crippen molar-refractivity contribution in [1.82, 2.24) is 15.2 Å². The molecule has 2 unspecified atom stereocenters. The Kier molecular flexibility index (Phi) is 4.72. The van der Waals surface area contributed by atoms with Crippen molar-refractivity contribution in [2.75, 3.05) is 20.1 Å². The van der Waals surface area contributed by atoms with Crippen LogP contribution < -0.4 is 5.32 Å². The molecule has 3 nitrogen and oxygen atoms in total. The highest BCUT2D eigenvalue weighted by Gasteiger charge is 2.26. The van der Waals surface area contributed by atoms with Gasteiger partial charge in [-0.25, -0.2) is 0 Å².